The number of benzene rings is 2. The summed E-state index contributed by atoms with van der Waals surface area (Å²) < 4.78 is 0. The molecule has 0 spiro atoms. The highest BCUT2D eigenvalue weighted by molar-refractivity contribution is 8.00. The Balaban J connectivity index is 1.79. The van der Waals surface area contributed by atoms with Gasteiger partial charge in [-0.15, -0.1) is 11.8 Å². The number of halogens is 1. The second kappa shape index (κ2) is 7.72. The van der Waals surface area contributed by atoms with Gasteiger partial charge in [-0.05, 0) is 18.2 Å². The second-order valence-corrected chi connectivity index (χ2v) is 5.37. The quantitative estimate of drug-likeness (QED) is 0.521. The first-order chi connectivity index (χ1) is 9.75. The molecule has 0 saturated carbocycles. The number of hydrogen-bond acceptors (Lipinski definition) is 3. The van der Waals surface area contributed by atoms with Gasteiger partial charge in [0.1, 0.15) is 0 Å². The van der Waals surface area contributed by atoms with Crippen molar-refractivity contribution in [3.63, 3.8) is 0 Å². The van der Waals surface area contributed by atoms with Gasteiger partial charge in [0.15, 0.2) is 0 Å². The summed E-state index contributed by atoms with van der Waals surface area (Å²) in [5.41, 5.74) is 3.25. The molecular weight excluding hydrogens is 292 g/mol. The van der Waals surface area contributed by atoms with Crippen molar-refractivity contribution >= 4 is 35.5 Å². The van der Waals surface area contributed by atoms with Gasteiger partial charge in [-0.2, -0.15) is 5.10 Å². The van der Waals surface area contributed by atoms with E-state index in [0.717, 1.165) is 10.5 Å². The number of rotatable bonds is 5. The van der Waals surface area contributed by atoms with E-state index in [0.29, 0.717) is 10.8 Å². The third-order valence-corrected chi connectivity index (χ3v) is 3.77. The van der Waals surface area contributed by atoms with Gasteiger partial charge in [-0.25, -0.2) is 5.43 Å². The van der Waals surface area contributed by atoms with Crippen LogP contribution < -0.4 is 5.43 Å². The zero-order valence-electron chi connectivity index (χ0n) is 10.6. The maximum atomic E-state index is 11.6. The fraction of sp³-hybridized carbons (Fsp3) is 0.0667. The molecule has 0 saturated heterocycles. The first-order valence-electron chi connectivity index (χ1n) is 6.00. The van der Waals surface area contributed by atoms with E-state index in [9.17, 15) is 4.79 Å². The van der Waals surface area contributed by atoms with Crippen LogP contribution in [0.1, 0.15) is 5.56 Å². The highest BCUT2D eigenvalue weighted by Crippen LogP contribution is 2.16. The molecule has 1 amide bonds. The summed E-state index contributed by atoms with van der Waals surface area (Å²) in [5, 5.41) is 4.49. The van der Waals surface area contributed by atoms with Crippen LogP contribution in [-0.2, 0) is 4.79 Å². The summed E-state index contributed by atoms with van der Waals surface area (Å²) in [6.45, 7) is 0. The average Bonchev–Trinajstić information content (AvgIpc) is 2.48. The van der Waals surface area contributed by atoms with E-state index in [1.54, 1.807) is 6.07 Å². The number of amides is 1. The van der Waals surface area contributed by atoms with Crippen molar-refractivity contribution in [3.8, 4) is 0 Å². The Kier molecular flexibility index (Phi) is 5.65. The fourth-order valence-electron chi connectivity index (χ4n) is 1.45. The zero-order chi connectivity index (χ0) is 14.2. The number of nitrogens with zero attached hydrogens (tertiary/aromatic N) is 1. The molecule has 2 aromatic rings. The zero-order valence-corrected chi connectivity index (χ0v) is 12.2. The largest absolute Gasteiger partial charge is 0.272 e. The van der Waals surface area contributed by atoms with Crippen LogP contribution in [-0.4, -0.2) is 17.9 Å². The van der Waals surface area contributed by atoms with Gasteiger partial charge in [0, 0.05) is 15.5 Å². The first-order valence-corrected chi connectivity index (χ1v) is 7.36. The molecule has 0 aliphatic carbocycles. The van der Waals surface area contributed by atoms with Gasteiger partial charge in [-0.1, -0.05) is 48.0 Å². The van der Waals surface area contributed by atoms with E-state index in [4.69, 9.17) is 11.6 Å². The number of thioether (sulfide) groups is 1. The highest BCUT2D eigenvalue weighted by atomic mass is 35.5. The predicted octanol–water partition coefficient (Wildman–Crippen LogP) is 3.58. The molecule has 2 rings (SSSR count). The molecule has 0 aromatic heterocycles. The van der Waals surface area contributed by atoms with E-state index >= 15 is 0 Å². The Bertz CT molecular complexity index is 602. The predicted molar refractivity (Wildman–Crippen MR) is 84.4 cm³/mol. The molecule has 0 atom stereocenters. The lowest BCUT2D eigenvalue weighted by molar-refractivity contribution is -0.118. The van der Waals surface area contributed by atoms with Gasteiger partial charge in [0.2, 0.25) is 5.91 Å². The molecule has 0 aliphatic rings. The van der Waals surface area contributed by atoms with Crippen LogP contribution in [0.25, 0.3) is 0 Å². The van der Waals surface area contributed by atoms with Crippen molar-refractivity contribution < 1.29 is 4.79 Å². The molecule has 0 unspecified atom stereocenters. The number of hydrazone groups is 1. The molecule has 2 aromatic carbocycles. The van der Waals surface area contributed by atoms with Crippen LogP contribution in [0.3, 0.4) is 0 Å². The van der Waals surface area contributed by atoms with Gasteiger partial charge in [0.25, 0.3) is 0 Å². The molecule has 0 fully saturated rings. The molecule has 1 N–H and O–H groups in total. The molecule has 0 bridgehead atoms. The Morgan fingerprint density at radius 2 is 1.85 bits per heavy atom. The molecular formula is C15H13ClN2OS. The highest BCUT2D eigenvalue weighted by Gasteiger charge is 2.01. The van der Waals surface area contributed by atoms with E-state index in [-0.39, 0.29) is 5.91 Å². The van der Waals surface area contributed by atoms with E-state index in [1.807, 2.05) is 48.5 Å². The van der Waals surface area contributed by atoms with E-state index in [2.05, 4.69) is 10.5 Å². The average molecular weight is 305 g/mol. The minimum absolute atomic E-state index is 0.151. The normalized spacial score (nSPS) is 10.7. The Hall–Kier alpha value is -1.78. The number of nitrogens with one attached hydrogen (secondary N) is 1. The summed E-state index contributed by atoms with van der Waals surface area (Å²) in [7, 11) is 0. The monoisotopic (exact) mass is 304 g/mol. The minimum atomic E-state index is -0.151. The fourth-order valence-corrected chi connectivity index (χ4v) is 2.35. The second-order valence-electron chi connectivity index (χ2n) is 3.92. The third kappa shape index (κ3) is 4.72. The number of carbonyl (C=O) groups excluding carboxylic acids is 1. The molecule has 0 radical (unpaired) electrons. The lowest BCUT2D eigenvalue weighted by Gasteiger charge is -2.00. The minimum Gasteiger partial charge on any atom is -0.272 e. The summed E-state index contributed by atoms with van der Waals surface area (Å²) in [6, 6.07) is 17.1. The Morgan fingerprint density at radius 3 is 2.60 bits per heavy atom. The van der Waals surface area contributed by atoms with Crippen molar-refractivity contribution in [2.45, 2.75) is 4.90 Å². The van der Waals surface area contributed by atoms with E-state index in [1.165, 1.54) is 18.0 Å². The van der Waals surface area contributed by atoms with Gasteiger partial charge >= 0.3 is 0 Å². The molecule has 0 aliphatic heterocycles. The summed E-state index contributed by atoms with van der Waals surface area (Å²) in [6.07, 6.45) is 1.54. The van der Waals surface area contributed by atoms with Crippen molar-refractivity contribution in [3.05, 3.63) is 65.2 Å². The number of carbonyl (C=O) groups is 1. The van der Waals surface area contributed by atoms with Gasteiger partial charge in [0.05, 0.1) is 12.0 Å². The van der Waals surface area contributed by atoms with Crippen LogP contribution in [0.5, 0.6) is 0 Å². The maximum Gasteiger partial charge on any atom is 0.250 e. The summed E-state index contributed by atoms with van der Waals surface area (Å²) in [4.78, 5) is 12.7. The van der Waals surface area contributed by atoms with Crippen LogP contribution in [0, 0.1) is 0 Å². The van der Waals surface area contributed by atoms with Crippen molar-refractivity contribution in [1.29, 1.82) is 0 Å². The Morgan fingerprint density at radius 1 is 1.15 bits per heavy atom. The molecule has 0 heterocycles. The van der Waals surface area contributed by atoms with Crippen LogP contribution in [0.15, 0.2) is 64.6 Å². The van der Waals surface area contributed by atoms with Crippen LogP contribution in [0.2, 0.25) is 5.02 Å². The lowest BCUT2D eigenvalue weighted by Crippen LogP contribution is -2.19. The summed E-state index contributed by atoms with van der Waals surface area (Å²) >= 11 is 7.44. The van der Waals surface area contributed by atoms with Crippen molar-refractivity contribution in [2.24, 2.45) is 5.10 Å². The molecule has 5 heteroatoms. The SMILES string of the molecule is O=C(CSc1ccccc1)N/N=C\c1ccccc1Cl. The summed E-state index contributed by atoms with van der Waals surface area (Å²) in [5.74, 6) is 0.173. The smallest absolute Gasteiger partial charge is 0.250 e. The third-order valence-electron chi connectivity index (χ3n) is 2.41. The van der Waals surface area contributed by atoms with E-state index < -0.39 is 0 Å². The first kappa shape index (κ1) is 14.6. The molecule has 102 valence electrons. The molecule has 3 nitrogen and oxygen atoms in total. The number of hydrogen-bond donors (Lipinski definition) is 1. The Labute approximate surface area is 127 Å². The van der Waals surface area contributed by atoms with Gasteiger partial charge < -0.3 is 0 Å². The van der Waals surface area contributed by atoms with Crippen LogP contribution >= 0.6 is 23.4 Å². The maximum absolute atomic E-state index is 11.6. The van der Waals surface area contributed by atoms with Gasteiger partial charge in [-0.3, -0.25) is 4.79 Å². The molecule has 20 heavy (non-hydrogen) atoms. The van der Waals surface area contributed by atoms with Crippen LogP contribution in [0.4, 0.5) is 0 Å². The van der Waals surface area contributed by atoms with Crippen molar-refractivity contribution in [2.75, 3.05) is 5.75 Å². The van der Waals surface area contributed by atoms with Crippen molar-refractivity contribution in [1.82, 2.24) is 5.43 Å². The topological polar surface area (TPSA) is 41.5 Å². The standard InChI is InChI=1S/C15H13ClN2OS/c16-14-9-5-4-6-12(14)10-17-18-15(19)11-20-13-7-2-1-3-8-13/h1-10H,11H2,(H,18,19)/b17-10-. The lowest BCUT2D eigenvalue weighted by atomic mass is 10.2.